The van der Waals surface area contributed by atoms with Crippen LogP contribution in [0.1, 0.15) is 56.3 Å². The SMILES string of the molecule is CCOc1ccc(CC(=O)N2CC(c3nncn3CC3CC3)C3(CCC3)C2)cc1. The van der Waals surface area contributed by atoms with E-state index in [1.54, 1.807) is 0 Å². The quantitative estimate of drug-likeness (QED) is 0.722. The molecule has 5 rings (SSSR count). The van der Waals surface area contributed by atoms with Gasteiger partial charge in [-0.15, -0.1) is 10.2 Å². The van der Waals surface area contributed by atoms with E-state index in [-0.39, 0.29) is 11.3 Å². The number of hydrogen-bond donors (Lipinski definition) is 0. The molecule has 1 aliphatic heterocycles. The van der Waals surface area contributed by atoms with Crippen LogP contribution in [-0.4, -0.2) is 45.3 Å². The molecule has 0 bridgehead atoms. The third-order valence-electron chi connectivity index (χ3n) is 7.05. The highest BCUT2D eigenvalue weighted by molar-refractivity contribution is 5.79. The molecule has 1 amide bonds. The number of carbonyl (C=O) groups excluding carboxylic acids is 1. The van der Waals surface area contributed by atoms with Crippen LogP contribution in [-0.2, 0) is 17.8 Å². The van der Waals surface area contributed by atoms with Crippen molar-refractivity contribution < 1.29 is 9.53 Å². The van der Waals surface area contributed by atoms with Gasteiger partial charge in [0.05, 0.1) is 13.0 Å². The summed E-state index contributed by atoms with van der Waals surface area (Å²) in [6.07, 6.45) is 8.63. The van der Waals surface area contributed by atoms with Gasteiger partial charge in [0.25, 0.3) is 0 Å². The Morgan fingerprint density at radius 3 is 2.69 bits per heavy atom. The third kappa shape index (κ3) is 3.65. The van der Waals surface area contributed by atoms with Gasteiger partial charge in [-0.25, -0.2) is 0 Å². The van der Waals surface area contributed by atoms with E-state index >= 15 is 0 Å². The molecule has 6 nitrogen and oxygen atoms in total. The van der Waals surface area contributed by atoms with Gasteiger partial charge in [0, 0.05) is 25.6 Å². The highest BCUT2D eigenvalue weighted by atomic mass is 16.5. The normalized spacial score (nSPS) is 22.7. The predicted molar refractivity (Wildman–Crippen MR) is 110 cm³/mol. The van der Waals surface area contributed by atoms with Crippen molar-refractivity contribution in [2.24, 2.45) is 11.3 Å². The minimum atomic E-state index is 0.211. The van der Waals surface area contributed by atoms with Gasteiger partial charge in [0.1, 0.15) is 17.9 Å². The van der Waals surface area contributed by atoms with Crippen LogP contribution in [0.3, 0.4) is 0 Å². The van der Waals surface area contributed by atoms with Crippen molar-refractivity contribution in [3.63, 3.8) is 0 Å². The van der Waals surface area contributed by atoms with Crippen LogP contribution in [0.5, 0.6) is 5.75 Å². The van der Waals surface area contributed by atoms with Gasteiger partial charge >= 0.3 is 0 Å². The highest BCUT2D eigenvalue weighted by Gasteiger charge is 2.53. The maximum absolute atomic E-state index is 13.1. The van der Waals surface area contributed by atoms with Crippen LogP contribution in [0.2, 0.25) is 0 Å². The minimum absolute atomic E-state index is 0.211. The Balaban J connectivity index is 1.29. The smallest absolute Gasteiger partial charge is 0.227 e. The first kappa shape index (κ1) is 18.6. The number of benzene rings is 1. The van der Waals surface area contributed by atoms with E-state index in [2.05, 4.69) is 19.7 Å². The fraction of sp³-hybridized carbons (Fsp3) is 0.609. The summed E-state index contributed by atoms with van der Waals surface area (Å²) in [7, 11) is 0. The van der Waals surface area contributed by atoms with Crippen LogP contribution in [0.4, 0.5) is 0 Å². The Morgan fingerprint density at radius 1 is 1.24 bits per heavy atom. The van der Waals surface area contributed by atoms with Crippen molar-refractivity contribution in [1.29, 1.82) is 0 Å². The van der Waals surface area contributed by atoms with E-state index in [4.69, 9.17) is 4.74 Å². The molecule has 2 saturated carbocycles. The molecule has 0 radical (unpaired) electrons. The summed E-state index contributed by atoms with van der Waals surface area (Å²) in [6.45, 7) is 5.31. The summed E-state index contributed by atoms with van der Waals surface area (Å²) in [6, 6.07) is 7.91. The van der Waals surface area contributed by atoms with Gasteiger partial charge in [-0.05, 0) is 61.6 Å². The van der Waals surface area contributed by atoms with Gasteiger partial charge in [-0.3, -0.25) is 4.79 Å². The fourth-order valence-corrected chi connectivity index (χ4v) is 5.06. The summed E-state index contributed by atoms with van der Waals surface area (Å²) >= 11 is 0. The second-order valence-corrected chi connectivity index (χ2v) is 9.08. The second kappa shape index (κ2) is 7.47. The molecule has 154 valence electrons. The summed E-state index contributed by atoms with van der Waals surface area (Å²) in [4.78, 5) is 15.2. The van der Waals surface area contributed by atoms with Gasteiger partial charge < -0.3 is 14.2 Å². The molecule has 3 fully saturated rings. The molecular formula is C23H30N4O2. The van der Waals surface area contributed by atoms with Crippen LogP contribution in [0.15, 0.2) is 30.6 Å². The van der Waals surface area contributed by atoms with Crippen molar-refractivity contribution in [3.8, 4) is 5.75 Å². The zero-order valence-electron chi connectivity index (χ0n) is 17.2. The van der Waals surface area contributed by atoms with Crippen molar-refractivity contribution in [2.45, 2.75) is 57.9 Å². The van der Waals surface area contributed by atoms with Crippen molar-refractivity contribution >= 4 is 5.91 Å². The second-order valence-electron chi connectivity index (χ2n) is 9.08. The summed E-state index contributed by atoms with van der Waals surface area (Å²) in [5.74, 6) is 3.29. The van der Waals surface area contributed by atoms with Crippen molar-refractivity contribution in [1.82, 2.24) is 19.7 Å². The number of hydrogen-bond acceptors (Lipinski definition) is 4. The van der Waals surface area contributed by atoms with Gasteiger partial charge in [-0.2, -0.15) is 0 Å². The summed E-state index contributed by atoms with van der Waals surface area (Å²) in [5.41, 5.74) is 1.25. The summed E-state index contributed by atoms with van der Waals surface area (Å²) < 4.78 is 7.77. The number of carbonyl (C=O) groups is 1. The molecule has 2 heterocycles. The first-order valence-corrected chi connectivity index (χ1v) is 11.0. The lowest BCUT2D eigenvalue weighted by Gasteiger charge is -2.42. The lowest BCUT2D eigenvalue weighted by atomic mass is 9.62. The van der Waals surface area contributed by atoms with Gasteiger partial charge in [-0.1, -0.05) is 18.6 Å². The van der Waals surface area contributed by atoms with E-state index in [1.165, 1.54) is 32.1 Å². The molecule has 1 saturated heterocycles. The Hall–Kier alpha value is -2.37. The van der Waals surface area contributed by atoms with E-state index < -0.39 is 0 Å². The molecule has 3 aliphatic rings. The fourth-order valence-electron chi connectivity index (χ4n) is 5.06. The monoisotopic (exact) mass is 394 g/mol. The molecule has 1 unspecified atom stereocenters. The van der Waals surface area contributed by atoms with E-state index in [0.29, 0.717) is 18.9 Å². The lowest BCUT2D eigenvalue weighted by Crippen LogP contribution is -2.38. The zero-order chi connectivity index (χ0) is 19.8. The number of amides is 1. The van der Waals surface area contributed by atoms with Gasteiger partial charge in [0.2, 0.25) is 5.91 Å². The van der Waals surface area contributed by atoms with E-state index in [0.717, 1.165) is 42.7 Å². The molecule has 1 aromatic carbocycles. The lowest BCUT2D eigenvalue weighted by molar-refractivity contribution is -0.130. The number of rotatable bonds is 7. The topological polar surface area (TPSA) is 60.2 Å². The summed E-state index contributed by atoms with van der Waals surface area (Å²) in [5, 5.41) is 8.75. The van der Waals surface area contributed by atoms with Crippen molar-refractivity contribution in [2.75, 3.05) is 19.7 Å². The van der Waals surface area contributed by atoms with Crippen LogP contribution in [0, 0.1) is 11.3 Å². The standard InChI is InChI=1S/C23H30N4O2/c1-2-29-19-8-6-17(7-9-19)12-21(28)26-14-20(23(15-26)10-3-11-23)22-25-24-16-27(22)13-18-4-5-18/h6-9,16,18,20H,2-5,10-15H2,1H3. The van der Waals surface area contributed by atoms with Crippen LogP contribution >= 0.6 is 0 Å². The maximum atomic E-state index is 13.1. The molecule has 0 N–H and O–H groups in total. The first-order chi connectivity index (χ1) is 14.2. The Morgan fingerprint density at radius 2 is 2.03 bits per heavy atom. The van der Waals surface area contributed by atoms with Crippen molar-refractivity contribution in [3.05, 3.63) is 42.0 Å². The minimum Gasteiger partial charge on any atom is -0.494 e. The highest BCUT2D eigenvalue weighted by Crippen LogP contribution is 2.55. The first-order valence-electron chi connectivity index (χ1n) is 11.0. The molecule has 1 atom stereocenters. The largest absolute Gasteiger partial charge is 0.494 e. The molecule has 1 spiro atoms. The van der Waals surface area contributed by atoms with Crippen LogP contribution in [0.25, 0.3) is 0 Å². The van der Waals surface area contributed by atoms with E-state index in [9.17, 15) is 4.79 Å². The Bertz CT molecular complexity index is 867. The number of likely N-dealkylation sites (tertiary alicyclic amines) is 1. The molecule has 6 heteroatoms. The predicted octanol–water partition coefficient (Wildman–Crippen LogP) is 3.43. The molecular weight excluding hydrogens is 364 g/mol. The third-order valence-corrected chi connectivity index (χ3v) is 7.05. The molecule has 1 aromatic heterocycles. The van der Waals surface area contributed by atoms with Gasteiger partial charge in [0.15, 0.2) is 0 Å². The molecule has 2 aromatic rings. The molecule has 2 aliphatic carbocycles. The number of ether oxygens (including phenoxy) is 1. The molecule has 29 heavy (non-hydrogen) atoms. The number of nitrogens with zero attached hydrogens (tertiary/aromatic N) is 4. The number of aromatic nitrogens is 3. The Kier molecular flexibility index (Phi) is 4.80. The average Bonchev–Trinajstić information content (AvgIpc) is 3.23. The zero-order valence-corrected chi connectivity index (χ0v) is 17.2. The van der Waals surface area contributed by atoms with E-state index in [1.807, 2.05) is 37.5 Å². The Labute approximate surface area is 172 Å². The maximum Gasteiger partial charge on any atom is 0.227 e. The van der Waals surface area contributed by atoms with Crippen LogP contribution < -0.4 is 4.74 Å². The average molecular weight is 395 g/mol.